The molecule has 1 aliphatic heterocycles. The predicted octanol–water partition coefficient (Wildman–Crippen LogP) is 1.18. The van der Waals surface area contributed by atoms with Gasteiger partial charge in [-0.05, 0) is 40.4 Å². The summed E-state index contributed by atoms with van der Waals surface area (Å²) < 4.78 is 0. The molecule has 1 fully saturated rings. The van der Waals surface area contributed by atoms with Crippen LogP contribution in [0.2, 0.25) is 0 Å². The van der Waals surface area contributed by atoms with Crippen LogP contribution in [0, 0.1) is 0 Å². The van der Waals surface area contributed by atoms with E-state index in [0.717, 1.165) is 19.1 Å². The van der Waals surface area contributed by atoms with Crippen LogP contribution in [0.25, 0.3) is 0 Å². The number of nitrogens with one attached hydrogen (secondary N) is 1. The molecule has 2 unspecified atom stereocenters. The van der Waals surface area contributed by atoms with Crippen molar-refractivity contribution in [3.8, 4) is 0 Å². The molecular weight excluding hydrogens is 198 g/mol. The highest BCUT2D eigenvalue weighted by Gasteiger charge is 2.28. The van der Waals surface area contributed by atoms with Gasteiger partial charge in [0.2, 0.25) is 0 Å². The molecule has 1 aliphatic rings. The standard InChI is InChI=1S/C13H27N3/c1-5-8-14-10-12(2)16-9-6-7-13(16)11-15(3)4/h5,12-14H,1,6-11H2,2-4H3. The van der Waals surface area contributed by atoms with Crippen LogP contribution in [-0.4, -0.2) is 62.2 Å². The fourth-order valence-electron chi connectivity index (χ4n) is 2.57. The smallest absolute Gasteiger partial charge is 0.0226 e. The Balaban J connectivity index is 2.34. The van der Waals surface area contributed by atoms with Gasteiger partial charge in [0.1, 0.15) is 0 Å². The van der Waals surface area contributed by atoms with E-state index in [1.165, 1.54) is 25.9 Å². The van der Waals surface area contributed by atoms with Gasteiger partial charge in [0, 0.05) is 31.7 Å². The molecule has 3 nitrogen and oxygen atoms in total. The van der Waals surface area contributed by atoms with E-state index in [1.54, 1.807) is 0 Å². The first kappa shape index (κ1) is 13.7. The number of nitrogens with zero attached hydrogens (tertiary/aromatic N) is 2. The van der Waals surface area contributed by atoms with Crippen LogP contribution >= 0.6 is 0 Å². The predicted molar refractivity (Wildman–Crippen MR) is 70.8 cm³/mol. The zero-order chi connectivity index (χ0) is 12.0. The number of likely N-dealkylation sites (tertiary alicyclic amines) is 1. The first-order valence-corrected chi connectivity index (χ1v) is 6.37. The number of hydrogen-bond donors (Lipinski definition) is 1. The Bertz CT molecular complexity index is 203. The van der Waals surface area contributed by atoms with E-state index in [1.807, 2.05) is 6.08 Å². The van der Waals surface area contributed by atoms with Gasteiger partial charge in [0.25, 0.3) is 0 Å². The SMILES string of the molecule is C=CCNCC(C)N1CCCC1CN(C)C. The van der Waals surface area contributed by atoms with Crippen molar-refractivity contribution >= 4 is 0 Å². The van der Waals surface area contributed by atoms with Crippen LogP contribution in [0.3, 0.4) is 0 Å². The third-order valence-corrected chi connectivity index (χ3v) is 3.29. The fraction of sp³-hybridized carbons (Fsp3) is 0.846. The third kappa shape index (κ3) is 4.24. The van der Waals surface area contributed by atoms with Crippen LogP contribution in [0.15, 0.2) is 12.7 Å². The van der Waals surface area contributed by atoms with Crippen molar-refractivity contribution in [1.82, 2.24) is 15.1 Å². The minimum absolute atomic E-state index is 0.632. The summed E-state index contributed by atoms with van der Waals surface area (Å²) in [6.45, 7) is 10.5. The molecule has 1 saturated heterocycles. The molecule has 94 valence electrons. The minimum atomic E-state index is 0.632. The Hall–Kier alpha value is -0.380. The zero-order valence-corrected chi connectivity index (χ0v) is 11.1. The molecule has 0 aromatic rings. The Morgan fingerprint density at radius 1 is 1.56 bits per heavy atom. The zero-order valence-electron chi connectivity index (χ0n) is 11.1. The van der Waals surface area contributed by atoms with Crippen LogP contribution in [0.5, 0.6) is 0 Å². The molecule has 0 radical (unpaired) electrons. The third-order valence-electron chi connectivity index (χ3n) is 3.29. The molecule has 0 bridgehead atoms. The largest absolute Gasteiger partial charge is 0.312 e. The van der Waals surface area contributed by atoms with E-state index in [-0.39, 0.29) is 0 Å². The van der Waals surface area contributed by atoms with Gasteiger partial charge >= 0.3 is 0 Å². The normalized spacial score (nSPS) is 23.9. The van der Waals surface area contributed by atoms with Crippen molar-refractivity contribution in [2.75, 3.05) is 40.3 Å². The monoisotopic (exact) mass is 225 g/mol. The lowest BCUT2D eigenvalue weighted by Gasteiger charge is -2.32. The van der Waals surface area contributed by atoms with Crippen LogP contribution < -0.4 is 5.32 Å². The highest BCUT2D eigenvalue weighted by Crippen LogP contribution is 2.20. The topological polar surface area (TPSA) is 18.5 Å². The summed E-state index contributed by atoms with van der Waals surface area (Å²) >= 11 is 0. The molecular formula is C13H27N3. The summed E-state index contributed by atoms with van der Waals surface area (Å²) in [7, 11) is 4.33. The molecule has 0 aromatic heterocycles. The number of rotatable bonds is 7. The lowest BCUT2D eigenvalue weighted by atomic mass is 10.2. The lowest BCUT2D eigenvalue weighted by molar-refractivity contribution is 0.160. The summed E-state index contributed by atoms with van der Waals surface area (Å²) in [4.78, 5) is 4.95. The van der Waals surface area contributed by atoms with Gasteiger partial charge in [-0.2, -0.15) is 0 Å². The summed E-state index contributed by atoms with van der Waals surface area (Å²) in [5.74, 6) is 0. The molecule has 3 heteroatoms. The quantitative estimate of drug-likeness (QED) is 0.518. The van der Waals surface area contributed by atoms with Crippen molar-refractivity contribution in [3.05, 3.63) is 12.7 Å². The first-order chi connectivity index (χ1) is 7.65. The Morgan fingerprint density at radius 2 is 2.31 bits per heavy atom. The van der Waals surface area contributed by atoms with E-state index in [4.69, 9.17) is 0 Å². The van der Waals surface area contributed by atoms with E-state index in [0.29, 0.717) is 6.04 Å². The fourth-order valence-corrected chi connectivity index (χ4v) is 2.57. The maximum Gasteiger partial charge on any atom is 0.0226 e. The second-order valence-electron chi connectivity index (χ2n) is 5.09. The summed E-state index contributed by atoms with van der Waals surface area (Å²) in [6, 6.07) is 1.38. The second-order valence-corrected chi connectivity index (χ2v) is 5.09. The van der Waals surface area contributed by atoms with Crippen LogP contribution in [-0.2, 0) is 0 Å². The molecule has 0 spiro atoms. The molecule has 0 amide bonds. The molecule has 0 saturated carbocycles. The highest BCUT2D eigenvalue weighted by molar-refractivity contribution is 4.85. The lowest BCUT2D eigenvalue weighted by Crippen LogP contribution is -2.46. The Kier molecular flexibility index (Phi) is 6.03. The van der Waals surface area contributed by atoms with Gasteiger partial charge in [-0.25, -0.2) is 0 Å². The van der Waals surface area contributed by atoms with Crippen molar-refractivity contribution in [3.63, 3.8) is 0 Å². The molecule has 1 heterocycles. The van der Waals surface area contributed by atoms with Gasteiger partial charge < -0.3 is 10.2 Å². The van der Waals surface area contributed by atoms with Gasteiger partial charge in [0.15, 0.2) is 0 Å². The average molecular weight is 225 g/mol. The molecule has 0 aliphatic carbocycles. The van der Waals surface area contributed by atoms with Crippen molar-refractivity contribution < 1.29 is 0 Å². The van der Waals surface area contributed by atoms with Crippen LogP contribution in [0.1, 0.15) is 19.8 Å². The molecule has 1 N–H and O–H groups in total. The second kappa shape index (κ2) is 7.05. The van der Waals surface area contributed by atoms with Crippen molar-refractivity contribution in [2.45, 2.75) is 31.8 Å². The summed E-state index contributed by atoms with van der Waals surface area (Å²) in [5.41, 5.74) is 0. The van der Waals surface area contributed by atoms with Gasteiger partial charge in [0.05, 0.1) is 0 Å². The Morgan fingerprint density at radius 3 is 2.94 bits per heavy atom. The highest BCUT2D eigenvalue weighted by atomic mass is 15.2. The Labute approximate surface area is 100 Å². The number of hydrogen-bond acceptors (Lipinski definition) is 3. The maximum absolute atomic E-state index is 3.73. The summed E-state index contributed by atoms with van der Waals surface area (Å²) in [6.07, 6.45) is 4.63. The van der Waals surface area contributed by atoms with Crippen molar-refractivity contribution in [2.24, 2.45) is 0 Å². The average Bonchev–Trinajstić information content (AvgIpc) is 2.65. The van der Waals surface area contributed by atoms with E-state index in [2.05, 4.69) is 42.7 Å². The van der Waals surface area contributed by atoms with Gasteiger partial charge in [-0.15, -0.1) is 6.58 Å². The first-order valence-electron chi connectivity index (χ1n) is 6.37. The molecule has 1 rings (SSSR count). The molecule has 2 atom stereocenters. The van der Waals surface area contributed by atoms with E-state index >= 15 is 0 Å². The summed E-state index contributed by atoms with van der Waals surface area (Å²) in [5, 5.41) is 3.41. The van der Waals surface area contributed by atoms with Crippen molar-refractivity contribution in [1.29, 1.82) is 0 Å². The molecule has 0 aromatic carbocycles. The van der Waals surface area contributed by atoms with Gasteiger partial charge in [-0.3, -0.25) is 4.90 Å². The van der Waals surface area contributed by atoms with E-state index < -0.39 is 0 Å². The molecule has 16 heavy (non-hydrogen) atoms. The minimum Gasteiger partial charge on any atom is -0.312 e. The number of likely N-dealkylation sites (N-methyl/N-ethyl adjacent to an activating group) is 1. The van der Waals surface area contributed by atoms with E-state index in [9.17, 15) is 0 Å². The van der Waals surface area contributed by atoms with Gasteiger partial charge in [-0.1, -0.05) is 6.08 Å². The maximum atomic E-state index is 3.73. The van der Waals surface area contributed by atoms with Crippen LogP contribution in [0.4, 0.5) is 0 Å².